The van der Waals surface area contributed by atoms with Crippen molar-refractivity contribution in [2.75, 3.05) is 20.0 Å². The van der Waals surface area contributed by atoms with E-state index in [-0.39, 0.29) is 17.6 Å². The van der Waals surface area contributed by atoms with Crippen LogP contribution in [-0.2, 0) is 0 Å². The Balaban J connectivity index is 1.94. The number of aromatic hydroxyl groups is 2. The van der Waals surface area contributed by atoms with Crippen molar-refractivity contribution in [2.24, 2.45) is 0 Å². The van der Waals surface area contributed by atoms with E-state index in [9.17, 15) is 10.2 Å². The summed E-state index contributed by atoms with van der Waals surface area (Å²) in [4.78, 5) is 0.933. The van der Waals surface area contributed by atoms with E-state index >= 15 is 0 Å². The molecule has 2 aromatic carbocycles. The van der Waals surface area contributed by atoms with Gasteiger partial charge in [0.05, 0.1) is 19.1 Å². The number of ether oxygens (including phenoxy) is 3. The van der Waals surface area contributed by atoms with Gasteiger partial charge in [-0.15, -0.1) is 11.8 Å². The summed E-state index contributed by atoms with van der Waals surface area (Å²) in [6.07, 6.45) is -0.221. The lowest BCUT2D eigenvalue weighted by atomic mass is 10.1. The highest BCUT2D eigenvalue weighted by Crippen LogP contribution is 2.48. The van der Waals surface area contributed by atoms with Gasteiger partial charge in [0.25, 0.3) is 0 Å². The number of rotatable bonds is 3. The molecule has 116 valence electrons. The number of phenols is 2. The Morgan fingerprint density at radius 1 is 1.09 bits per heavy atom. The predicted molar refractivity (Wildman–Crippen MR) is 83.4 cm³/mol. The second-order valence-electron chi connectivity index (χ2n) is 4.82. The topological polar surface area (TPSA) is 68.2 Å². The largest absolute Gasteiger partial charge is 0.504 e. The summed E-state index contributed by atoms with van der Waals surface area (Å²) in [5.74, 6) is 2.44. The van der Waals surface area contributed by atoms with Gasteiger partial charge in [0.2, 0.25) is 0 Å². The van der Waals surface area contributed by atoms with Crippen molar-refractivity contribution < 1.29 is 24.4 Å². The van der Waals surface area contributed by atoms with Gasteiger partial charge in [-0.05, 0) is 17.7 Å². The minimum absolute atomic E-state index is 0.143. The number of benzene rings is 2. The third kappa shape index (κ3) is 2.62. The van der Waals surface area contributed by atoms with Crippen molar-refractivity contribution in [3.05, 3.63) is 35.9 Å². The lowest BCUT2D eigenvalue weighted by Gasteiger charge is -2.27. The highest BCUT2D eigenvalue weighted by Gasteiger charge is 2.26. The molecule has 0 saturated carbocycles. The fraction of sp³-hybridized carbons (Fsp3) is 0.250. The zero-order valence-corrected chi connectivity index (χ0v) is 13.0. The van der Waals surface area contributed by atoms with Crippen LogP contribution in [0.5, 0.6) is 28.7 Å². The van der Waals surface area contributed by atoms with E-state index in [2.05, 4.69) is 0 Å². The number of thioether (sulfide) groups is 1. The van der Waals surface area contributed by atoms with Crippen molar-refractivity contribution in [3.8, 4) is 28.7 Å². The van der Waals surface area contributed by atoms with Crippen LogP contribution in [0.2, 0.25) is 0 Å². The molecule has 2 aromatic rings. The highest BCUT2D eigenvalue weighted by molar-refractivity contribution is 7.99. The van der Waals surface area contributed by atoms with E-state index in [4.69, 9.17) is 14.2 Å². The molecule has 0 amide bonds. The average molecular weight is 320 g/mol. The lowest BCUT2D eigenvalue weighted by Crippen LogP contribution is -2.15. The van der Waals surface area contributed by atoms with Crippen molar-refractivity contribution in [1.82, 2.24) is 0 Å². The molecule has 1 atom stereocenters. The van der Waals surface area contributed by atoms with Crippen molar-refractivity contribution in [3.63, 3.8) is 0 Å². The maximum absolute atomic E-state index is 9.64. The first-order valence-corrected chi connectivity index (χ1v) is 7.68. The molecule has 0 radical (unpaired) electrons. The summed E-state index contributed by atoms with van der Waals surface area (Å²) in [7, 11) is 3.20. The van der Waals surface area contributed by atoms with Gasteiger partial charge in [0, 0.05) is 17.9 Å². The van der Waals surface area contributed by atoms with Gasteiger partial charge >= 0.3 is 0 Å². The Morgan fingerprint density at radius 3 is 2.59 bits per heavy atom. The number of hydrogen-bond donors (Lipinski definition) is 2. The summed E-state index contributed by atoms with van der Waals surface area (Å²) >= 11 is 1.62. The Kier molecular flexibility index (Phi) is 3.94. The molecule has 0 saturated heterocycles. The molecule has 2 N–H and O–H groups in total. The number of hydrogen-bond acceptors (Lipinski definition) is 6. The van der Waals surface area contributed by atoms with E-state index in [1.807, 2.05) is 12.1 Å². The molecule has 0 spiro atoms. The highest BCUT2D eigenvalue weighted by atomic mass is 32.2. The van der Waals surface area contributed by atoms with Crippen LogP contribution in [0.3, 0.4) is 0 Å². The maximum atomic E-state index is 9.64. The third-order valence-corrected chi connectivity index (χ3v) is 4.63. The second kappa shape index (κ2) is 5.88. The monoisotopic (exact) mass is 320 g/mol. The molecule has 1 heterocycles. The van der Waals surface area contributed by atoms with Crippen LogP contribution in [0.25, 0.3) is 0 Å². The fourth-order valence-electron chi connectivity index (χ4n) is 2.30. The van der Waals surface area contributed by atoms with Crippen LogP contribution in [0.4, 0.5) is 0 Å². The number of fused-ring (bicyclic) bond motifs is 1. The quantitative estimate of drug-likeness (QED) is 0.846. The van der Waals surface area contributed by atoms with E-state index in [1.165, 1.54) is 12.1 Å². The summed E-state index contributed by atoms with van der Waals surface area (Å²) in [5.41, 5.74) is 0.801. The molecule has 1 aliphatic rings. The molecule has 1 unspecified atom stereocenters. The van der Waals surface area contributed by atoms with E-state index in [1.54, 1.807) is 32.0 Å². The number of phenolic OH excluding ortho intramolecular Hbond substituents is 2. The normalized spacial score (nSPS) is 16.5. The molecule has 1 aliphatic heterocycles. The summed E-state index contributed by atoms with van der Waals surface area (Å²) < 4.78 is 16.7. The van der Waals surface area contributed by atoms with Gasteiger partial charge in [0.1, 0.15) is 23.4 Å². The van der Waals surface area contributed by atoms with Crippen molar-refractivity contribution in [1.29, 1.82) is 0 Å². The lowest BCUT2D eigenvalue weighted by molar-refractivity contribution is 0.216. The van der Waals surface area contributed by atoms with E-state index < -0.39 is 0 Å². The molecular weight excluding hydrogens is 304 g/mol. The number of methoxy groups -OCH3 is 2. The average Bonchev–Trinajstić information content (AvgIpc) is 2.55. The first-order valence-electron chi connectivity index (χ1n) is 6.69. The first kappa shape index (κ1) is 14.7. The van der Waals surface area contributed by atoms with Crippen LogP contribution >= 0.6 is 11.8 Å². The van der Waals surface area contributed by atoms with Crippen LogP contribution in [0.15, 0.2) is 35.2 Å². The van der Waals surface area contributed by atoms with Crippen molar-refractivity contribution >= 4 is 11.8 Å². The SMILES string of the molecule is COc1cc(OC)c2c(c1)OC(c1ccc(O)c(O)c1)CS2. The van der Waals surface area contributed by atoms with Gasteiger partial charge < -0.3 is 24.4 Å². The van der Waals surface area contributed by atoms with Crippen molar-refractivity contribution in [2.45, 2.75) is 11.0 Å². The molecule has 0 fully saturated rings. The third-order valence-electron chi connectivity index (χ3n) is 3.47. The first-order chi connectivity index (χ1) is 10.6. The van der Waals surface area contributed by atoms with E-state index in [0.29, 0.717) is 23.0 Å². The predicted octanol–water partition coefficient (Wildman–Crippen LogP) is 3.34. The molecule has 6 heteroatoms. The van der Waals surface area contributed by atoms with Gasteiger partial charge in [0.15, 0.2) is 11.5 Å². The molecule has 3 rings (SSSR count). The zero-order chi connectivity index (χ0) is 15.7. The Hall–Kier alpha value is -2.21. The summed E-state index contributed by atoms with van der Waals surface area (Å²) in [6, 6.07) is 8.35. The fourth-order valence-corrected chi connectivity index (χ4v) is 3.42. The molecule has 0 aliphatic carbocycles. The molecule has 0 aromatic heterocycles. The standard InChI is InChI=1S/C16H16O5S/c1-19-10-6-13(20-2)16-14(7-10)21-15(8-22-16)9-3-4-11(17)12(18)5-9/h3-7,15,17-18H,8H2,1-2H3. The summed E-state index contributed by atoms with van der Waals surface area (Å²) in [5, 5.41) is 19.0. The van der Waals surface area contributed by atoms with Crippen LogP contribution in [0, 0.1) is 0 Å². The molecule has 0 bridgehead atoms. The maximum Gasteiger partial charge on any atom is 0.157 e. The van der Waals surface area contributed by atoms with Crippen LogP contribution in [-0.4, -0.2) is 30.2 Å². The minimum atomic E-state index is -0.221. The molecule has 5 nitrogen and oxygen atoms in total. The Labute approximate surface area is 132 Å². The van der Waals surface area contributed by atoms with E-state index in [0.717, 1.165) is 10.5 Å². The minimum Gasteiger partial charge on any atom is -0.504 e. The van der Waals surface area contributed by atoms with Gasteiger partial charge in [-0.1, -0.05) is 6.07 Å². The summed E-state index contributed by atoms with van der Waals surface area (Å²) in [6.45, 7) is 0. The molecule has 22 heavy (non-hydrogen) atoms. The second-order valence-corrected chi connectivity index (χ2v) is 5.85. The smallest absolute Gasteiger partial charge is 0.157 e. The van der Waals surface area contributed by atoms with Crippen LogP contribution < -0.4 is 14.2 Å². The van der Waals surface area contributed by atoms with Gasteiger partial charge in [-0.3, -0.25) is 0 Å². The van der Waals surface area contributed by atoms with Gasteiger partial charge in [-0.25, -0.2) is 0 Å². The molecular formula is C16H16O5S. The van der Waals surface area contributed by atoms with Gasteiger partial charge in [-0.2, -0.15) is 0 Å². The zero-order valence-electron chi connectivity index (χ0n) is 12.2. The Morgan fingerprint density at radius 2 is 1.91 bits per heavy atom. The Bertz CT molecular complexity index is 701. The van der Waals surface area contributed by atoms with Crippen LogP contribution in [0.1, 0.15) is 11.7 Å².